The molecule has 3 aromatic rings. The Balaban J connectivity index is 0.00000225. The number of rotatable bonds is 5. The van der Waals surface area contributed by atoms with E-state index in [-0.39, 0.29) is 24.1 Å². The van der Waals surface area contributed by atoms with E-state index in [1.54, 1.807) is 18.3 Å². The van der Waals surface area contributed by atoms with E-state index in [1.807, 2.05) is 17.8 Å². The smallest absolute Gasteiger partial charge is 0.270 e. The molecular formula is C17H20ClN7O3. The number of nitrogens with one attached hydrogen (secondary N) is 1. The van der Waals surface area contributed by atoms with Crippen LogP contribution >= 0.6 is 12.4 Å². The molecule has 0 bridgehead atoms. The van der Waals surface area contributed by atoms with Crippen LogP contribution in [0.4, 0.5) is 5.69 Å². The van der Waals surface area contributed by atoms with Gasteiger partial charge in [0.2, 0.25) is 11.7 Å². The van der Waals surface area contributed by atoms with Crippen molar-refractivity contribution >= 4 is 18.1 Å². The molecule has 1 unspecified atom stereocenters. The Morgan fingerprint density at radius 2 is 2.29 bits per heavy atom. The van der Waals surface area contributed by atoms with Gasteiger partial charge in [-0.15, -0.1) is 12.4 Å². The van der Waals surface area contributed by atoms with Gasteiger partial charge in [0, 0.05) is 56.8 Å². The Bertz CT molecular complexity index is 958. The molecule has 0 spiro atoms. The van der Waals surface area contributed by atoms with Gasteiger partial charge in [-0.05, 0) is 0 Å². The zero-order valence-corrected chi connectivity index (χ0v) is 16.0. The number of nitro groups is 1. The van der Waals surface area contributed by atoms with E-state index >= 15 is 0 Å². The van der Waals surface area contributed by atoms with Crippen LogP contribution in [0.3, 0.4) is 0 Å². The average Bonchev–Trinajstić information content (AvgIpc) is 3.31. The van der Waals surface area contributed by atoms with Crippen molar-refractivity contribution < 1.29 is 9.45 Å². The fraction of sp³-hybridized carbons (Fsp3) is 0.353. The van der Waals surface area contributed by atoms with E-state index in [0.717, 1.165) is 25.5 Å². The average molecular weight is 406 g/mol. The summed E-state index contributed by atoms with van der Waals surface area (Å²) in [7, 11) is 1.97. The third kappa shape index (κ3) is 4.03. The number of aromatic nitrogens is 4. The largest absolute Gasteiger partial charge is 0.338 e. The standard InChI is InChI=1S/C17H19N7O3.ClH/c1-22-7-6-19-17(22)14-10-18-5-8-23(14)11-15-20-16(21-27-15)12-3-2-4-13(9-12)24(25)26;/h2-4,6-7,9,14,18H,5,8,10-11H2,1H3;1H. The van der Waals surface area contributed by atoms with Gasteiger partial charge < -0.3 is 14.4 Å². The Morgan fingerprint density at radius 3 is 3.04 bits per heavy atom. The maximum atomic E-state index is 10.9. The highest BCUT2D eigenvalue weighted by Gasteiger charge is 2.28. The number of imidazole rings is 1. The molecule has 1 saturated heterocycles. The molecular weight excluding hydrogens is 386 g/mol. The predicted molar refractivity (Wildman–Crippen MR) is 103 cm³/mol. The van der Waals surface area contributed by atoms with Crippen LogP contribution in [0.5, 0.6) is 0 Å². The Morgan fingerprint density at radius 1 is 1.43 bits per heavy atom. The SMILES string of the molecule is Cl.Cn1ccnc1C1CNCCN1Cc1nc(-c2cccc([N+](=O)[O-])c2)no1. The molecule has 2 aromatic heterocycles. The van der Waals surface area contributed by atoms with Crippen LogP contribution in [0.2, 0.25) is 0 Å². The van der Waals surface area contributed by atoms with Gasteiger partial charge in [0.25, 0.3) is 5.69 Å². The van der Waals surface area contributed by atoms with E-state index in [9.17, 15) is 10.1 Å². The number of non-ortho nitro benzene ring substituents is 1. The van der Waals surface area contributed by atoms with E-state index in [1.165, 1.54) is 12.1 Å². The molecule has 4 rings (SSSR count). The lowest BCUT2D eigenvalue weighted by Gasteiger charge is -2.34. The van der Waals surface area contributed by atoms with Gasteiger partial charge in [-0.3, -0.25) is 15.0 Å². The minimum Gasteiger partial charge on any atom is -0.338 e. The van der Waals surface area contributed by atoms with Crippen LogP contribution < -0.4 is 5.32 Å². The van der Waals surface area contributed by atoms with Crippen molar-refractivity contribution in [3.05, 3.63) is 58.5 Å². The number of halogens is 1. The Labute approximate surface area is 167 Å². The summed E-state index contributed by atoms with van der Waals surface area (Å²) in [6.45, 7) is 2.97. The van der Waals surface area contributed by atoms with Crippen LogP contribution in [0.15, 0.2) is 41.2 Å². The van der Waals surface area contributed by atoms with Gasteiger partial charge in [-0.1, -0.05) is 17.3 Å². The molecule has 0 radical (unpaired) electrons. The van der Waals surface area contributed by atoms with Crippen molar-refractivity contribution in [2.24, 2.45) is 7.05 Å². The van der Waals surface area contributed by atoms with Gasteiger partial charge in [0.15, 0.2) is 0 Å². The normalized spacial score (nSPS) is 17.2. The third-order valence-electron chi connectivity index (χ3n) is 4.63. The second-order valence-electron chi connectivity index (χ2n) is 6.41. The summed E-state index contributed by atoms with van der Waals surface area (Å²) in [4.78, 5) is 21.6. The first kappa shape index (κ1) is 19.9. The number of hydrogen-bond donors (Lipinski definition) is 1. The first-order valence-electron chi connectivity index (χ1n) is 8.61. The van der Waals surface area contributed by atoms with Crippen molar-refractivity contribution in [2.75, 3.05) is 19.6 Å². The summed E-state index contributed by atoms with van der Waals surface area (Å²) in [5, 5.41) is 18.3. The van der Waals surface area contributed by atoms with Crippen LogP contribution in [0, 0.1) is 10.1 Å². The number of hydrogen-bond acceptors (Lipinski definition) is 8. The van der Waals surface area contributed by atoms with Gasteiger partial charge in [0.1, 0.15) is 5.82 Å². The summed E-state index contributed by atoms with van der Waals surface area (Å²) in [5.74, 6) is 1.79. The topological polar surface area (TPSA) is 115 Å². The number of piperazine rings is 1. The zero-order valence-electron chi connectivity index (χ0n) is 15.2. The Hall–Kier alpha value is -2.82. The predicted octanol–water partition coefficient (Wildman–Crippen LogP) is 1.95. The van der Waals surface area contributed by atoms with Gasteiger partial charge in [0.05, 0.1) is 17.5 Å². The highest BCUT2D eigenvalue weighted by molar-refractivity contribution is 5.85. The van der Waals surface area contributed by atoms with Crippen LogP contribution in [0.1, 0.15) is 17.8 Å². The number of nitro benzene ring substituents is 1. The van der Waals surface area contributed by atoms with Crippen LogP contribution in [-0.4, -0.2) is 49.1 Å². The number of nitrogens with zero attached hydrogens (tertiary/aromatic N) is 6. The van der Waals surface area contributed by atoms with Crippen molar-refractivity contribution in [3.63, 3.8) is 0 Å². The highest BCUT2D eigenvalue weighted by Crippen LogP contribution is 2.24. The number of aryl methyl sites for hydroxylation is 1. The third-order valence-corrected chi connectivity index (χ3v) is 4.63. The van der Waals surface area contributed by atoms with Gasteiger partial charge in [-0.25, -0.2) is 4.98 Å². The van der Waals surface area contributed by atoms with Crippen LogP contribution in [-0.2, 0) is 13.6 Å². The summed E-state index contributed by atoms with van der Waals surface area (Å²) >= 11 is 0. The summed E-state index contributed by atoms with van der Waals surface area (Å²) in [6.07, 6.45) is 3.71. The lowest BCUT2D eigenvalue weighted by Crippen LogP contribution is -2.46. The first-order valence-corrected chi connectivity index (χ1v) is 8.61. The second kappa shape index (κ2) is 8.46. The van der Waals surface area contributed by atoms with Gasteiger partial charge >= 0.3 is 0 Å². The fourth-order valence-electron chi connectivity index (χ4n) is 3.26. The minimum atomic E-state index is -0.442. The van der Waals surface area contributed by atoms with E-state index in [4.69, 9.17) is 4.52 Å². The molecule has 0 aliphatic carbocycles. The summed E-state index contributed by atoms with van der Waals surface area (Å²) in [6, 6.07) is 6.31. The monoisotopic (exact) mass is 405 g/mol. The molecule has 11 heteroatoms. The van der Waals surface area contributed by atoms with E-state index in [2.05, 4.69) is 25.3 Å². The fourth-order valence-corrected chi connectivity index (χ4v) is 3.26. The molecule has 10 nitrogen and oxygen atoms in total. The Kier molecular flexibility index (Phi) is 6.02. The van der Waals surface area contributed by atoms with Crippen molar-refractivity contribution in [1.82, 2.24) is 29.9 Å². The van der Waals surface area contributed by atoms with Crippen molar-refractivity contribution in [3.8, 4) is 11.4 Å². The zero-order chi connectivity index (χ0) is 18.8. The van der Waals surface area contributed by atoms with Crippen LogP contribution in [0.25, 0.3) is 11.4 Å². The first-order chi connectivity index (χ1) is 13.1. The lowest BCUT2D eigenvalue weighted by atomic mass is 10.1. The molecule has 1 aromatic carbocycles. The molecule has 1 fully saturated rings. The van der Waals surface area contributed by atoms with E-state index < -0.39 is 4.92 Å². The molecule has 1 aliphatic heterocycles. The van der Waals surface area contributed by atoms with Crippen molar-refractivity contribution in [2.45, 2.75) is 12.6 Å². The molecule has 1 N–H and O–H groups in total. The molecule has 1 aliphatic rings. The molecule has 0 saturated carbocycles. The molecule has 28 heavy (non-hydrogen) atoms. The maximum absolute atomic E-state index is 10.9. The van der Waals surface area contributed by atoms with Crippen molar-refractivity contribution in [1.29, 1.82) is 0 Å². The molecule has 0 amide bonds. The summed E-state index contributed by atoms with van der Waals surface area (Å²) in [5.41, 5.74) is 0.552. The minimum absolute atomic E-state index is 0. The molecule has 3 heterocycles. The lowest BCUT2D eigenvalue weighted by molar-refractivity contribution is -0.384. The quantitative estimate of drug-likeness (QED) is 0.505. The highest BCUT2D eigenvalue weighted by atomic mass is 35.5. The van der Waals surface area contributed by atoms with Gasteiger partial charge in [-0.2, -0.15) is 4.98 Å². The summed E-state index contributed by atoms with van der Waals surface area (Å²) < 4.78 is 7.40. The maximum Gasteiger partial charge on any atom is 0.270 e. The molecule has 148 valence electrons. The second-order valence-corrected chi connectivity index (χ2v) is 6.41. The number of benzene rings is 1. The van der Waals surface area contributed by atoms with E-state index in [0.29, 0.717) is 23.8 Å². The molecule has 1 atom stereocenters.